The van der Waals surface area contributed by atoms with Gasteiger partial charge in [-0.15, -0.1) is 23.1 Å². The fourth-order valence-electron chi connectivity index (χ4n) is 6.23. The Bertz CT molecular complexity index is 674. The van der Waals surface area contributed by atoms with Crippen molar-refractivity contribution < 1.29 is 9.59 Å². The fourth-order valence-corrected chi connectivity index (χ4v) is 8.59. The van der Waals surface area contributed by atoms with Crippen LogP contribution < -0.4 is 0 Å². The predicted molar refractivity (Wildman–Crippen MR) is 110 cm³/mol. The lowest BCUT2D eigenvalue weighted by molar-refractivity contribution is -0.129. The number of hydrogen-bond acceptors (Lipinski definition) is 4. The van der Waals surface area contributed by atoms with Crippen LogP contribution in [0.5, 0.6) is 0 Å². The van der Waals surface area contributed by atoms with E-state index in [0.29, 0.717) is 36.7 Å². The molecule has 2 amide bonds. The summed E-state index contributed by atoms with van der Waals surface area (Å²) in [4.78, 5) is 29.9. The van der Waals surface area contributed by atoms with Crippen LogP contribution in [0.4, 0.5) is 0 Å². The Labute approximate surface area is 169 Å². The molecule has 5 aliphatic rings. The fraction of sp³-hybridized carbons (Fsp3) is 0.714. The van der Waals surface area contributed by atoms with E-state index in [1.165, 1.54) is 49.9 Å². The smallest absolute Gasteiger partial charge is 0.264 e. The lowest BCUT2D eigenvalue weighted by Gasteiger charge is -2.56. The molecule has 0 atom stereocenters. The molecule has 1 saturated heterocycles. The summed E-state index contributed by atoms with van der Waals surface area (Å²) in [5, 5.41) is 1.94. The van der Waals surface area contributed by atoms with Crippen LogP contribution in [-0.4, -0.2) is 58.3 Å². The van der Waals surface area contributed by atoms with Crippen LogP contribution in [0.2, 0.25) is 0 Å². The van der Waals surface area contributed by atoms with Crippen molar-refractivity contribution in [2.24, 2.45) is 17.8 Å². The van der Waals surface area contributed by atoms with Gasteiger partial charge in [-0.1, -0.05) is 6.07 Å². The number of amides is 2. The first-order valence-corrected chi connectivity index (χ1v) is 12.2. The summed E-state index contributed by atoms with van der Waals surface area (Å²) < 4.78 is 0.404. The van der Waals surface area contributed by atoms with Crippen LogP contribution in [0, 0.1) is 17.8 Å². The average Bonchev–Trinajstić information content (AvgIpc) is 3.19. The first-order valence-electron chi connectivity index (χ1n) is 10.3. The third-order valence-electron chi connectivity index (χ3n) is 7.14. The van der Waals surface area contributed by atoms with Gasteiger partial charge in [0.05, 0.1) is 10.6 Å². The maximum Gasteiger partial charge on any atom is 0.264 e. The van der Waals surface area contributed by atoms with Gasteiger partial charge in [0.1, 0.15) is 0 Å². The number of piperazine rings is 1. The quantitative estimate of drug-likeness (QED) is 0.768. The van der Waals surface area contributed by atoms with Gasteiger partial charge in [-0.3, -0.25) is 9.59 Å². The van der Waals surface area contributed by atoms with Gasteiger partial charge < -0.3 is 9.80 Å². The van der Waals surface area contributed by atoms with Gasteiger partial charge in [0, 0.05) is 30.9 Å². The number of thiophene rings is 1. The van der Waals surface area contributed by atoms with Crippen LogP contribution >= 0.6 is 23.1 Å². The molecule has 4 saturated carbocycles. The number of rotatable bonds is 4. The van der Waals surface area contributed by atoms with E-state index in [1.807, 2.05) is 39.1 Å². The second-order valence-electron chi connectivity index (χ2n) is 9.04. The van der Waals surface area contributed by atoms with Crippen molar-refractivity contribution in [3.8, 4) is 0 Å². The van der Waals surface area contributed by atoms with Crippen LogP contribution in [0.1, 0.15) is 48.2 Å². The van der Waals surface area contributed by atoms with Crippen LogP contribution in [-0.2, 0) is 4.79 Å². The standard InChI is InChI=1S/C21H28N2O2S2/c24-19(14-27-21-11-15-8-16(12-21)10-17(9-15)13-21)22-3-5-23(6-4-22)20(25)18-2-1-7-26-18/h1-2,7,15-17H,3-6,8-14H2. The number of nitrogens with zero attached hydrogens (tertiary/aromatic N) is 2. The van der Waals surface area contributed by atoms with E-state index in [2.05, 4.69) is 0 Å². The Hall–Kier alpha value is -1.01. The third-order valence-corrected chi connectivity index (χ3v) is 9.50. The lowest BCUT2D eigenvalue weighted by atomic mass is 9.56. The minimum atomic E-state index is 0.111. The molecule has 0 spiro atoms. The molecule has 146 valence electrons. The highest BCUT2D eigenvalue weighted by Crippen LogP contribution is 2.60. The zero-order chi connectivity index (χ0) is 18.4. The second kappa shape index (κ2) is 7.11. The van der Waals surface area contributed by atoms with E-state index < -0.39 is 0 Å². The van der Waals surface area contributed by atoms with Crippen molar-refractivity contribution in [2.75, 3.05) is 31.9 Å². The highest BCUT2D eigenvalue weighted by molar-refractivity contribution is 8.01. The molecule has 4 bridgehead atoms. The highest BCUT2D eigenvalue weighted by atomic mass is 32.2. The van der Waals surface area contributed by atoms with E-state index in [-0.39, 0.29) is 11.8 Å². The van der Waals surface area contributed by atoms with Gasteiger partial charge in [0.25, 0.3) is 5.91 Å². The Balaban J connectivity index is 1.12. The summed E-state index contributed by atoms with van der Waals surface area (Å²) in [5.74, 6) is 3.83. The largest absolute Gasteiger partial charge is 0.338 e. The second-order valence-corrected chi connectivity index (χ2v) is 11.4. The first-order chi connectivity index (χ1) is 13.1. The van der Waals surface area contributed by atoms with Crippen molar-refractivity contribution in [1.82, 2.24) is 9.80 Å². The van der Waals surface area contributed by atoms with Gasteiger partial charge >= 0.3 is 0 Å². The monoisotopic (exact) mass is 404 g/mol. The number of thioether (sulfide) groups is 1. The van der Waals surface area contributed by atoms with Crippen molar-refractivity contribution in [2.45, 2.75) is 43.3 Å². The van der Waals surface area contributed by atoms with Gasteiger partial charge in [-0.25, -0.2) is 0 Å². The molecule has 4 nitrogen and oxygen atoms in total. The van der Waals surface area contributed by atoms with Crippen molar-refractivity contribution in [3.63, 3.8) is 0 Å². The molecule has 1 aliphatic heterocycles. The summed E-state index contributed by atoms with van der Waals surface area (Å²) in [5.41, 5.74) is 0. The van der Waals surface area contributed by atoms with E-state index in [4.69, 9.17) is 0 Å². The summed E-state index contributed by atoms with van der Waals surface area (Å²) in [6.45, 7) is 2.67. The molecule has 1 aromatic heterocycles. The maximum atomic E-state index is 12.8. The lowest BCUT2D eigenvalue weighted by Crippen LogP contribution is -2.52. The van der Waals surface area contributed by atoms with Crippen molar-refractivity contribution in [3.05, 3.63) is 22.4 Å². The molecule has 6 heteroatoms. The van der Waals surface area contributed by atoms with Crippen LogP contribution in [0.3, 0.4) is 0 Å². The van der Waals surface area contributed by atoms with Crippen LogP contribution in [0.15, 0.2) is 17.5 Å². The molecule has 6 rings (SSSR count). The number of carbonyl (C=O) groups is 2. The SMILES string of the molecule is O=C(CSC12CC3CC(CC(C3)C1)C2)N1CCN(C(=O)c2cccs2)CC1. The van der Waals surface area contributed by atoms with Crippen LogP contribution in [0.25, 0.3) is 0 Å². The highest BCUT2D eigenvalue weighted by Gasteiger charge is 2.51. The Morgan fingerprint density at radius 3 is 2.15 bits per heavy atom. The number of hydrogen-bond donors (Lipinski definition) is 0. The van der Waals surface area contributed by atoms with E-state index in [9.17, 15) is 9.59 Å². The molecule has 1 aromatic rings. The van der Waals surface area contributed by atoms with E-state index >= 15 is 0 Å². The zero-order valence-corrected chi connectivity index (χ0v) is 17.4. The molecular weight excluding hydrogens is 376 g/mol. The van der Waals surface area contributed by atoms with Gasteiger partial charge in [0.2, 0.25) is 5.91 Å². The van der Waals surface area contributed by atoms with E-state index in [0.717, 1.165) is 22.6 Å². The summed E-state index contributed by atoms with van der Waals surface area (Å²) in [6.07, 6.45) is 8.40. The Morgan fingerprint density at radius 2 is 1.59 bits per heavy atom. The summed E-state index contributed by atoms with van der Waals surface area (Å²) in [6, 6.07) is 3.80. The van der Waals surface area contributed by atoms with Crippen molar-refractivity contribution in [1.29, 1.82) is 0 Å². The Morgan fingerprint density at radius 1 is 1.00 bits per heavy atom. The molecule has 0 aromatic carbocycles. The minimum absolute atomic E-state index is 0.111. The van der Waals surface area contributed by atoms with Gasteiger partial charge in [0.15, 0.2) is 0 Å². The first kappa shape index (κ1) is 18.0. The van der Waals surface area contributed by atoms with Gasteiger partial charge in [-0.05, 0) is 67.7 Å². The molecule has 2 heterocycles. The molecule has 5 fully saturated rings. The van der Waals surface area contributed by atoms with Crippen molar-refractivity contribution >= 4 is 34.9 Å². The Kier molecular flexibility index (Phi) is 4.75. The molecule has 0 unspecified atom stereocenters. The molecular formula is C21H28N2O2S2. The molecule has 4 aliphatic carbocycles. The molecule has 0 N–H and O–H groups in total. The topological polar surface area (TPSA) is 40.6 Å². The van der Waals surface area contributed by atoms with Gasteiger partial charge in [-0.2, -0.15) is 0 Å². The third kappa shape index (κ3) is 3.55. The normalized spacial score (nSPS) is 34.9. The predicted octanol–water partition coefficient (Wildman–Crippen LogP) is 3.73. The summed E-state index contributed by atoms with van der Waals surface area (Å²) >= 11 is 3.46. The molecule has 0 radical (unpaired) electrons. The van der Waals surface area contributed by atoms with E-state index in [1.54, 1.807) is 0 Å². The minimum Gasteiger partial charge on any atom is -0.338 e. The summed E-state index contributed by atoms with van der Waals surface area (Å²) in [7, 11) is 0. The maximum absolute atomic E-state index is 12.8. The molecule has 27 heavy (non-hydrogen) atoms. The average molecular weight is 405 g/mol. The zero-order valence-electron chi connectivity index (χ0n) is 15.8. The number of carbonyl (C=O) groups excluding carboxylic acids is 2.